The van der Waals surface area contributed by atoms with E-state index in [-0.39, 0.29) is 10.8 Å². The Kier molecular flexibility index (Phi) is 2.68. The molecule has 0 spiro atoms. The van der Waals surface area contributed by atoms with E-state index >= 15 is 0 Å². The molecule has 3 aliphatic rings. The van der Waals surface area contributed by atoms with Gasteiger partial charge in [-0.2, -0.15) is 0 Å². The molecule has 2 aliphatic heterocycles. The zero-order chi connectivity index (χ0) is 11.2. The smallest absolute Gasteiger partial charge is 0.120 e. The van der Waals surface area contributed by atoms with Gasteiger partial charge in [0, 0.05) is 6.61 Å². The highest BCUT2D eigenvalue weighted by Crippen LogP contribution is 2.58. The fourth-order valence-corrected chi connectivity index (χ4v) is 6.74. The summed E-state index contributed by atoms with van der Waals surface area (Å²) in [6.45, 7) is 5.88. The standard InChI is InChI=1S/C13H24O2Si/c1-16(2)13(9-5-6-10-14-13)12-8-4-3-7-11(12)15-12/h11,16H,3-10H2,1-2H3. The highest BCUT2D eigenvalue weighted by atomic mass is 28.3. The highest BCUT2D eigenvalue weighted by molar-refractivity contribution is 6.59. The summed E-state index contributed by atoms with van der Waals surface area (Å²) in [5, 5.41) is 0.177. The molecule has 0 N–H and O–H groups in total. The van der Waals surface area contributed by atoms with Crippen LogP contribution in [0.25, 0.3) is 0 Å². The molecule has 92 valence electrons. The molecule has 0 amide bonds. The monoisotopic (exact) mass is 240 g/mol. The Bertz CT molecular complexity index is 273. The molecule has 3 rings (SSSR count). The lowest BCUT2D eigenvalue weighted by molar-refractivity contribution is -0.0765. The van der Waals surface area contributed by atoms with Gasteiger partial charge in [-0.25, -0.2) is 0 Å². The Labute approximate surface area is 100 Å². The van der Waals surface area contributed by atoms with Gasteiger partial charge in [-0.15, -0.1) is 0 Å². The zero-order valence-corrected chi connectivity index (χ0v) is 11.8. The lowest BCUT2D eigenvalue weighted by atomic mass is 9.81. The molecule has 16 heavy (non-hydrogen) atoms. The first kappa shape index (κ1) is 11.2. The molecule has 1 saturated carbocycles. The quantitative estimate of drug-likeness (QED) is 0.547. The first-order valence-corrected chi connectivity index (χ1v) is 9.92. The van der Waals surface area contributed by atoms with Crippen molar-refractivity contribution >= 4 is 8.80 Å². The average Bonchev–Trinajstić information content (AvgIpc) is 3.05. The Morgan fingerprint density at radius 2 is 1.88 bits per heavy atom. The second-order valence-electron chi connectivity index (χ2n) is 6.09. The summed E-state index contributed by atoms with van der Waals surface area (Å²) in [4.78, 5) is 0. The lowest BCUT2D eigenvalue weighted by Gasteiger charge is -2.46. The maximum absolute atomic E-state index is 6.35. The van der Waals surface area contributed by atoms with Gasteiger partial charge in [0.2, 0.25) is 0 Å². The molecule has 2 saturated heterocycles. The summed E-state index contributed by atoms with van der Waals surface area (Å²) in [5.41, 5.74) is 0.173. The molecule has 2 nitrogen and oxygen atoms in total. The third-order valence-electron chi connectivity index (χ3n) is 5.03. The van der Waals surface area contributed by atoms with Crippen molar-refractivity contribution in [3.63, 3.8) is 0 Å². The van der Waals surface area contributed by atoms with Crippen LogP contribution in [0, 0.1) is 0 Å². The topological polar surface area (TPSA) is 21.8 Å². The van der Waals surface area contributed by atoms with E-state index in [1.54, 1.807) is 0 Å². The van der Waals surface area contributed by atoms with Gasteiger partial charge in [0.05, 0.1) is 20.1 Å². The van der Waals surface area contributed by atoms with E-state index in [2.05, 4.69) is 13.1 Å². The van der Waals surface area contributed by atoms with Crippen LogP contribution in [0.5, 0.6) is 0 Å². The zero-order valence-electron chi connectivity index (χ0n) is 10.6. The summed E-state index contributed by atoms with van der Waals surface area (Å²) in [5.74, 6) is 0. The van der Waals surface area contributed by atoms with Gasteiger partial charge in [-0.1, -0.05) is 25.9 Å². The van der Waals surface area contributed by atoms with Gasteiger partial charge in [0.1, 0.15) is 5.60 Å². The number of hydrogen-bond donors (Lipinski definition) is 0. The molecule has 0 bridgehead atoms. The molecule has 2 heterocycles. The predicted octanol–water partition coefficient (Wildman–Crippen LogP) is 2.66. The molecular weight excluding hydrogens is 216 g/mol. The predicted molar refractivity (Wildman–Crippen MR) is 67.5 cm³/mol. The van der Waals surface area contributed by atoms with Gasteiger partial charge in [-0.05, 0) is 32.1 Å². The van der Waals surface area contributed by atoms with Crippen molar-refractivity contribution in [3.8, 4) is 0 Å². The molecule has 3 fully saturated rings. The number of hydrogen-bond acceptors (Lipinski definition) is 2. The summed E-state index contributed by atoms with van der Waals surface area (Å²) in [7, 11) is -0.834. The molecular formula is C13H24O2Si. The maximum atomic E-state index is 6.35. The van der Waals surface area contributed by atoms with Crippen LogP contribution in [0.2, 0.25) is 13.1 Å². The van der Waals surface area contributed by atoms with Crippen LogP contribution in [0.1, 0.15) is 44.9 Å². The molecule has 3 heteroatoms. The lowest BCUT2D eigenvalue weighted by Crippen LogP contribution is -2.60. The normalized spacial score (nSPS) is 47.8. The van der Waals surface area contributed by atoms with E-state index in [9.17, 15) is 0 Å². The summed E-state index contributed by atoms with van der Waals surface area (Å²) in [6, 6.07) is 0. The van der Waals surface area contributed by atoms with E-state index in [1.807, 2.05) is 0 Å². The highest BCUT2D eigenvalue weighted by Gasteiger charge is 2.70. The maximum Gasteiger partial charge on any atom is 0.120 e. The van der Waals surface area contributed by atoms with Crippen molar-refractivity contribution in [2.75, 3.05) is 6.61 Å². The Morgan fingerprint density at radius 3 is 2.50 bits per heavy atom. The third kappa shape index (κ3) is 1.37. The molecule has 1 aliphatic carbocycles. The number of rotatable bonds is 2. The summed E-state index contributed by atoms with van der Waals surface area (Å²) >= 11 is 0. The van der Waals surface area contributed by atoms with Crippen molar-refractivity contribution < 1.29 is 9.47 Å². The number of epoxide rings is 1. The van der Waals surface area contributed by atoms with Gasteiger partial charge in [-0.3, -0.25) is 0 Å². The molecule has 3 atom stereocenters. The van der Waals surface area contributed by atoms with Crippen LogP contribution >= 0.6 is 0 Å². The summed E-state index contributed by atoms with van der Waals surface area (Å²) < 4.78 is 12.5. The van der Waals surface area contributed by atoms with Crippen LogP contribution in [0.3, 0.4) is 0 Å². The van der Waals surface area contributed by atoms with Gasteiger partial charge >= 0.3 is 0 Å². The van der Waals surface area contributed by atoms with Crippen molar-refractivity contribution in [1.29, 1.82) is 0 Å². The van der Waals surface area contributed by atoms with Crippen LogP contribution in [-0.2, 0) is 9.47 Å². The molecule has 0 radical (unpaired) electrons. The minimum Gasteiger partial charge on any atom is -0.376 e. The minimum absolute atomic E-state index is 0.173. The third-order valence-corrected chi connectivity index (χ3v) is 7.84. The SMILES string of the molecule is C[SiH](C)C1(C23CCCCC2O3)CCCCO1. The van der Waals surface area contributed by atoms with Crippen molar-refractivity contribution in [3.05, 3.63) is 0 Å². The Hall–Kier alpha value is 0.137. The fourth-order valence-electron chi connectivity index (χ4n) is 4.13. The second-order valence-corrected chi connectivity index (χ2v) is 9.33. The first-order chi connectivity index (χ1) is 7.71. The fraction of sp³-hybridized carbons (Fsp3) is 1.00. The Balaban J connectivity index is 1.88. The molecule has 0 aromatic carbocycles. The molecule has 0 aromatic heterocycles. The van der Waals surface area contributed by atoms with E-state index in [1.165, 1.54) is 44.9 Å². The van der Waals surface area contributed by atoms with Crippen LogP contribution in [0.4, 0.5) is 0 Å². The van der Waals surface area contributed by atoms with Crippen LogP contribution in [0.15, 0.2) is 0 Å². The average molecular weight is 240 g/mol. The van der Waals surface area contributed by atoms with Crippen molar-refractivity contribution in [2.45, 2.75) is 75.0 Å². The van der Waals surface area contributed by atoms with Crippen LogP contribution in [-0.4, -0.2) is 32.3 Å². The Morgan fingerprint density at radius 1 is 1.06 bits per heavy atom. The van der Waals surface area contributed by atoms with E-state index in [0.29, 0.717) is 6.10 Å². The van der Waals surface area contributed by atoms with E-state index in [4.69, 9.17) is 9.47 Å². The second kappa shape index (κ2) is 3.82. The van der Waals surface area contributed by atoms with Crippen molar-refractivity contribution in [2.24, 2.45) is 0 Å². The first-order valence-electron chi connectivity index (χ1n) is 7.03. The number of ether oxygens (including phenoxy) is 2. The van der Waals surface area contributed by atoms with Gasteiger partial charge < -0.3 is 9.47 Å². The van der Waals surface area contributed by atoms with Crippen molar-refractivity contribution in [1.82, 2.24) is 0 Å². The minimum atomic E-state index is -0.834. The van der Waals surface area contributed by atoms with E-state index < -0.39 is 8.80 Å². The van der Waals surface area contributed by atoms with Gasteiger partial charge in [0.25, 0.3) is 0 Å². The van der Waals surface area contributed by atoms with Gasteiger partial charge in [0.15, 0.2) is 0 Å². The number of fused-ring (bicyclic) bond motifs is 1. The summed E-state index contributed by atoms with van der Waals surface area (Å²) in [6.07, 6.45) is 9.69. The van der Waals surface area contributed by atoms with E-state index in [0.717, 1.165) is 6.61 Å². The molecule has 0 aromatic rings. The largest absolute Gasteiger partial charge is 0.376 e. The molecule has 3 unspecified atom stereocenters. The van der Waals surface area contributed by atoms with Crippen LogP contribution < -0.4 is 0 Å².